The molecule has 8 heteroatoms. The summed E-state index contributed by atoms with van der Waals surface area (Å²) in [4.78, 5) is 0. The smallest absolute Gasteiger partial charge is 0.172 e. The van der Waals surface area contributed by atoms with Gasteiger partial charge in [-0.25, -0.2) is 0 Å². The van der Waals surface area contributed by atoms with Crippen molar-refractivity contribution in [2.24, 2.45) is 7.05 Å². The highest BCUT2D eigenvalue weighted by Gasteiger charge is 2.08. The molecule has 0 aliphatic heterocycles. The van der Waals surface area contributed by atoms with Gasteiger partial charge in [-0.1, -0.05) is 35.9 Å². The molecule has 3 aromatic rings. The maximum absolute atomic E-state index is 6.08. The van der Waals surface area contributed by atoms with Crippen molar-refractivity contribution in [3.05, 3.63) is 64.6 Å². The number of hydrogen-bond acceptors (Lipinski definition) is 3. The second-order valence-corrected chi connectivity index (χ2v) is 6.51. The van der Waals surface area contributed by atoms with E-state index in [1.807, 2.05) is 36.1 Å². The highest BCUT2D eigenvalue weighted by Crippen LogP contribution is 2.14. The Balaban J connectivity index is 1.56. The summed E-state index contributed by atoms with van der Waals surface area (Å²) in [7, 11) is 1.84. The third-order valence-corrected chi connectivity index (χ3v) is 4.46. The molecule has 0 aliphatic rings. The molecule has 2 heterocycles. The van der Waals surface area contributed by atoms with Crippen LogP contribution in [0.1, 0.15) is 16.8 Å². The monoisotopic (exact) mass is 374 g/mol. The highest BCUT2D eigenvalue weighted by atomic mass is 35.5. The van der Waals surface area contributed by atoms with Crippen LogP contribution in [0.4, 0.5) is 5.82 Å². The van der Waals surface area contributed by atoms with E-state index in [2.05, 4.69) is 39.9 Å². The Hall–Kier alpha value is -2.38. The lowest BCUT2D eigenvalue weighted by molar-refractivity contribution is 0.686. The lowest BCUT2D eigenvalue weighted by Gasteiger charge is -2.09. The Morgan fingerprint density at radius 2 is 2.08 bits per heavy atom. The van der Waals surface area contributed by atoms with Crippen molar-refractivity contribution >= 4 is 34.7 Å². The number of anilines is 1. The zero-order valence-electron chi connectivity index (χ0n) is 14.0. The molecule has 0 aliphatic carbocycles. The summed E-state index contributed by atoms with van der Waals surface area (Å²) in [5.74, 6) is 0.696. The van der Waals surface area contributed by atoms with Crippen LogP contribution in [0.2, 0.25) is 5.02 Å². The number of thiocarbonyl (C=S) groups is 1. The second kappa shape index (κ2) is 7.67. The van der Waals surface area contributed by atoms with E-state index in [1.165, 1.54) is 11.1 Å². The fourth-order valence-electron chi connectivity index (χ4n) is 2.44. The quantitative estimate of drug-likeness (QED) is 0.672. The first kappa shape index (κ1) is 17.4. The van der Waals surface area contributed by atoms with Crippen LogP contribution in [0.3, 0.4) is 0 Å². The number of halogens is 1. The minimum absolute atomic E-state index is 0.485. The lowest BCUT2D eigenvalue weighted by atomic mass is 10.1. The fraction of sp³-hybridized carbons (Fsp3) is 0.235. The van der Waals surface area contributed by atoms with Crippen LogP contribution in [0.15, 0.2) is 42.7 Å². The van der Waals surface area contributed by atoms with Crippen molar-refractivity contribution in [3.63, 3.8) is 0 Å². The van der Waals surface area contributed by atoms with E-state index in [1.54, 1.807) is 10.9 Å². The van der Waals surface area contributed by atoms with Crippen LogP contribution in [0.5, 0.6) is 0 Å². The predicted molar refractivity (Wildman–Crippen MR) is 104 cm³/mol. The molecule has 2 N–H and O–H groups in total. The molecule has 6 nitrogen and oxygen atoms in total. The van der Waals surface area contributed by atoms with Gasteiger partial charge in [0.15, 0.2) is 10.9 Å². The van der Waals surface area contributed by atoms with Gasteiger partial charge in [0, 0.05) is 19.3 Å². The van der Waals surface area contributed by atoms with Crippen molar-refractivity contribution in [1.82, 2.24) is 24.9 Å². The van der Waals surface area contributed by atoms with E-state index in [4.69, 9.17) is 23.8 Å². The van der Waals surface area contributed by atoms with Gasteiger partial charge < -0.3 is 10.6 Å². The molecule has 25 heavy (non-hydrogen) atoms. The molecular formula is C17H19ClN6S. The standard InChI is InChI=1S/C17H19ClN6S/c1-12-5-3-4-6-13(12)11-24-8-7-16(22-24)21-17(25)19-10-15-14(18)9-20-23(15)2/h3-9H,10-11H2,1-2H3,(H2,19,21,22,25). The molecule has 2 aromatic heterocycles. The minimum Gasteiger partial charge on any atom is -0.357 e. The lowest BCUT2D eigenvalue weighted by Crippen LogP contribution is -2.29. The summed E-state index contributed by atoms with van der Waals surface area (Å²) in [6.45, 7) is 3.31. The fourth-order valence-corrected chi connectivity index (χ4v) is 2.85. The largest absolute Gasteiger partial charge is 0.357 e. The van der Waals surface area contributed by atoms with Crippen LogP contribution >= 0.6 is 23.8 Å². The molecule has 0 saturated carbocycles. The van der Waals surface area contributed by atoms with Crippen molar-refractivity contribution in [1.29, 1.82) is 0 Å². The Kier molecular flexibility index (Phi) is 5.35. The Morgan fingerprint density at radius 3 is 2.80 bits per heavy atom. The van der Waals surface area contributed by atoms with Crippen LogP contribution in [0.25, 0.3) is 0 Å². The third-order valence-electron chi connectivity index (χ3n) is 3.90. The number of hydrogen-bond donors (Lipinski definition) is 2. The average molecular weight is 375 g/mol. The van der Waals surface area contributed by atoms with E-state index < -0.39 is 0 Å². The van der Waals surface area contributed by atoms with Gasteiger partial charge in [-0.15, -0.1) is 0 Å². The molecule has 0 fully saturated rings. The number of aryl methyl sites for hydroxylation is 2. The first-order valence-corrected chi connectivity index (χ1v) is 8.61. The van der Waals surface area contributed by atoms with E-state index in [0.717, 1.165) is 12.2 Å². The zero-order chi connectivity index (χ0) is 17.8. The predicted octanol–water partition coefficient (Wildman–Crippen LogP) is 3.11. The van der Waals surface area contributed by atoms with Gasteiger partial charge in [-0.2, -0.15) is 10.2 Å². The number of rotatable bonds is 5. The third kappa shape index (κ3) is 4.37. The Bertz CT molecular complexity index is 865. The number of nitrogens with one attached hydrogen (secondary N) is 2. The maximum Gasteiger partial charge on any atom is 0.172 e. The Labute approximate surface area is 156 Å². The Morgan fingerprint density at radius 1 is 1.28 bits per heavy atom. The first-order valence-electron chi connectivity index (χ1n) is 7.82. The summed E-state index contributed by atoms with van der Waals surface area (Å²) < 4.78 is 3.60. The van der Waals surface area contributed by atoms with Crippen molar-refractivity contribution in [3.8, 4) is 0 Å². The zero-order valence-corrected chi connectivity index (χ0v) is 15.6. The topological polar surface area (TPSA) is 59.7 Å². The van der Waals surface area contributed by atoms with Crippen molar-refractivity contribution in [2.45, 2.75) is 20.0 Å². The number of nitrogens with zero attached hydrogens (tertiary/aromatic N) is 4. The molecule has 0 amide bonds. The van der Waals surface area contributed by atoms with E-state index in [9.17, 15) is 0 Å². The van der Waals surface area contributed by atoms with Gasteiger partial charge in [-0.3, -0.25) is 9.36 Å². The molecule has 130 valence electrons. The van der Waals surface area contributed by atoms with Crippen molar-refractivity contribution in [2.75, 3.05) is 5.32 Å². The SMILES string of the molecule is Cc1ccccc1Cn1ccc(NC(=S)NCc2c(Cl)cnn2C)n1. The second-order valence-electron chi connectivity index (χ2n) is 5.70. The average Bonchev–Trinajstić information content (AvgIpc) is 3.15. The molecular weight excluding hydrogens is 356 g/mol. The molecule has 0 unspecified atom stereocenters. The first-order chi connectivity index (χ1) is 12.0. The van der Waals surface area contributed by atoms with E-state index in [-0.39, 0.29) is 0 Å². The maximum atomic E-state index is 6.08. The molecule has 3 rings (SSSR count). The summed E-state index contributed by atoms with van der Waals surface area (Å²) in [6.07, 6.45) is 3.54. The van der Waals surface area contributed by atoms with Crippen molar-refractivity contribution < 1.29 is 0 Å². The summed E-state index contributed by atoms with van der Waals surface area (Å²) in [6, 6.07) is 10.2. The van der Waals surface area contributed by atoms with Crippen LogP contribution in [0, 0.1) is 6.92 Å². The van der Waals surface area contributed by atoms with Gasteiger partial charge in [0.1, 0.15) is 0 Å². The van der Waals surface area contributed by atoms with Gasteiger partial charge in [0.05, 0.1) is 30.0 Å². The highest BCUT2D eigenvalue weighted by molar-refractivity contribution is 7.80. The van der Waals surface area contributed by atoms with Gasteiger partial charge in [0.2, 0.25) is 0 Å². The normalized spacial score (nSPS) is 10.7. The van der Waals surface area contributed by atoms with Gasteiger partial charge >= 0.3 is 0 Å². The minimum atomic E-state index is 0.485. The van der Waals surface area contributed by atoms with Crippen LogP contribution in [-0.2, 0) is 20.1 Å². The molecule has 1 aromatic carbocycles. The summed E-state index contributed by atoms with van der Waals surface area (Å²) in [5, 5.41) is 15.9. The van der Waals surface area contributed by atoms with Gasteiger partial charge in [0.25, 0.3) is 0 Å². The molecule has 0 radical (unpaired) electrons. The number of benzene rings is 1. The van der Waals surface area contributed by atoms with Crippen LogP contribution < -0.4 is 10.6 Å². The van der Waals surface area contributed by atoms with E-state index in [0.29, 0.717) is 22.5 Å². The van der Waals surface area contributed by atoms with E-state index >= 15 is 0 Å². The van der Waals surface area contributed by atoms with Gasteiger partial charge in [-0.05, 0) is 30.3 Å². The summed E-state index contributed by atoms with van der Waals surface area (Å²) >= 11 is 11.4. The molecule has 0 saturated heterocycles. The molecule has 0 bridgehead atoms. The summed E-state index contributed by atoms with van der Waals surface area (Å²) in [5.41, 5.74) is 3.36. The molecule has 0 atom stereocenters. The molecule has 0 spiro atoms. The van der Waals surface area contributed by atoms with Crippen LogP contribution in [-0.4, -0.2) is 24.7 Å². The number of aromatic nitrogens is 4.